The van der Waals surface area contributed by atoms with Crippen LogP contribution >= 0.6 is 34.3 Å². The summed E-state index contributed by atoms with van der Waals surface area (Å²) in [4.78, 5) is 33.0. The minimum Gasteiger partial charge on any atom is -0.431 e. The number of oxazole rings is 1. The summed E-state index contributed by atoms with van der Waals surface area (Å²) >= 11 is 8.53. The first-order valence-corrected chi connectivity index (χ1v) is 9.34. The number of hydrogen-bond acceptors (Lipinski definition) is 7. The lowest BCUT2D eigenvalue weighted by Gasteiger charge is -1.97. The highest BCUT2D eigenvalue weighted by molar-refractivity contribution is 7.22. The van der Waals surface area contributed by atoms with Crippen LogP contribution in [0, 0.1) is 0 Å². The van der Waals surface area contributed by atoms with E-state index in [-0.39, 0.29) is 17.6 Å². The van der Waals surface area contributed by atoms with Gasteiger partial charge in [0.1, 0.15) is 6.26 Å². The molecular formula is C16H9ClN4O3S2. The summed E-state index contributed by atoms with van der Waals surface area (Å²) in [5.74, 6) is -0.840. The first-order chi connectivity index (χ1) is 12.6. The predicted molar refractivity (Wildman–Crippen MR) is 101 cm³/mol. The van der Waals surface area contributed by atoms with E-state index in [9.17, 15) is 9.59 Å². The molecule has 0 saturated heterocycles. The molecule has 0 bridgehead atoms. The summed E-state index contributed by atoms with van der Waals surface area (Å²) in [5, 5.41) is 7.95. The van der Waals surface area contributed by atoms with Gasteiger partial charge in [0.25, 0.3) is 11.8 Å². The molecule has 26 heavy (non-hydrogen) atoms. The fraction of sp³-hybridized carbons (Fsp3) is 0. The van der Waals surface area contributed by atoms with E-state index in [1.54, 1.807) is 35.7 Å². The molecule has 10 heteroatoms. The van der Waals surface area contributed by atoms with Crippen molar-refractivity contribution in [3.8, 4) is 0 Å². The van der Waals surface area contributed by atoms with Crippen LogP contribution < -0.4 is 10.6 Å². The fourth-order valence-corrected chi connectivity index (χ4v) is 3.87. The minimum atomic E-state index is -0.490. The van der Waals surface area contributed by atoms with Crippen LogP contribution in [0.15, 0.2) is 46.4 Å². The maximum absolute atomic E-state index is 12.3. The molecule has 3 heterocycles. The molecule has 0 saturated carbocycles. The summed E-state index contributed by atoms with van der Waals surface area (Å²) in [7, 11) is 0. The van der Waals surface area contributed by atoms with Gasteiger partial charge in [0.05, 0.1) is 15.1 Å². The fourth-order valence-electron chi connectivity index (χ4n) is 2.11. The Morgan fingerprint density at radius 2 is 2.00 bits per heavy atom. The normalized spacial score (nSPS) is 10.8. The van der Waals surface area contributed by atoms with Crippen LogP contribution in [-0.4, -0.2) is 21.8 Å². The van der Waals surface area contributed by atoms with Crippen molar-refractivity contribution < 1.29 is 14.0 Å². The van der Waals surface area contributed by atoms with Gasteiger partial charge < -0.3 is 4.42 Å². The molecular weight excluding hydrogens is 396 g/mol. The Labute approximate surface area is 159 Å². The molecule has 4 rings (SSSR count). The third kappa shape index (κ3) is 3.45. The van der Waals surface area contributed by atoms with E-state index < -0.39 is 5.91 Å². The van der Waals surface area contributed by atoms with Crippen molar-refractivity contribution in [2.75, 3.05) is 10.6 Å². The average Bonchev–Trinajstić information content (AvgIpc) is 3.34. The van der Waals surface area contributed by atoms with Gasteiger partial charge in [-0.25, -0.2) is 4.98 Å². The molecule has 0 unspecified atom stereocenters. The third-order valence-corrected chi connectivity index (χ3v) is 5.31. The number of anilines is 2. The van der Waals surface area contributed by atoms with Crippen LogP contribution in [0.3, 0.4) is 0 Å². The second-order valence-corrected chi connectivity index (χ2v) is 7.47. The number of fused-ring (bicyclic) bond motifs is 1. The molecule has 0 atom stereocenters. The monoisotopic (exact) mass is 404 g/mol. The number of aromatic nitrogens is 2. The van der Waals surface area contributed by atoms with Crippen molar-refractivity contribution in [2.45, 2.75) is 0 Å². The third-order valence-electron chi connectivity index (χ3n) is 3.27. The predicted octanol–water partition coefficient (Wildman–Crippen LogP) is 4.50. The van der Waals surface area contributed by atoms with Gasteiger partial charge >= 0.3 is 6.01 Å². The number of benzene rings is 1. The van der Waals surface area contributed by atoms with Crippen molar-refractivity contribution in [2.24, 2.45) is 0 Å². The molecule has 0 radical (unpaired) electrons. The van der Waals surface area contributed by atoms with Gasteiger partial charge in [0, 0.05) is 5.02 Å². The van der Waals surface area contributed by atoms with E-state index in [0.717, 1.165) is 10.2 Å². The van der Waals surface area contributed by atoms with Gasteiger partial charge in [-0.2, -0.15) is 4.98 Å². The minimum absolute atomic E-state index is 0.0313. The van der Waals surface area contributed by atoms with Crippen LogP contribution in [0.25, 0.3) is 10.2 Å². The lowest BCUT2D eigenvalue weighted by atomic mass is 10.3. The number of thiazole rings is 1. The Balaban J connectivity index is 1.46. The van der Waals surface area contributed by atoms with Crippen LogP contribution in [0.1, 0.15) is 20.2 Å². The van der Waals surface area contributed by atoms with Crippen molar-refractivity contribution in [3.63, 3.8) is 0 Å². The maximum atomic E-state index is 12.3. The second-order valence-electron chi connectivity index (χ2n) is 5.05. The zero-order valence-electron chi connectivity index (χ0n) is 12.9. The van der Waals surface area contributed by atoms with Crippen LogP contribution in [-0.2, 0) is 0 Å². The Hall–Kier alpha value is -2.75. The second kappa shape index (κ2) is 6.87. The van der Waals surface area contributed by atoms with E-state index >= 15 is 0 Å². The van der Waals surface area contributed by atoms with E-state index in [1.165, 1.54) is 28.9 Å². The van der Waals surface area contributed by atoms with E-state index in [0.29, 0.717) is 15.0 Å². The molecule has 1 aromatic carbocycles. The smallest absolute Gasteiger partial charge is 0.302 e. The molecule has 130 valence electrons. The number of nitrogens with zero attached hydrogens (tertiary/aromatic N) is 2. The number of carbonyl (C=O) groups excluding carboxylic acids is 2. The Morgan fingerprint density at radius 1 is 1.12 bits per heavy atom. The number of nitrogens with one attached hydrogen (secondary N) is 2. The number of amides is 2. The maximum Gasteiger partial charge on any atom is 0.302 e. The van der Waals surface area contributed by atoms with E-state index in [4.69, 9.17) is 16.0 Å². The SMILES string of the molecule is O=C(Nc1nc2ccc(Cl)cc2s1)c1coc(NC(=O)c2cccs2)n1. The number of thiophene rings is 1. The highest BCUT2D eigenvalue weighted by atomic mass is 35.5. The average molecular weight is 405 g/mol. The van der Waals surface area contributed by atoms with Gasteiger partial charge in [-0.15, -0.1) is 11.3 Å². The lowest BCUT2D eigenvalue weighted by Crippen LogP contribution is -2.13. The van der Waals surface area contributed by atoms with E-state index in [2.05, 4.69) is 20.6 Å². The van der Waals surface area contributed by atoms with Gasteiger partial charge in [0.15, 0.2) is 10.8 Å². The van der Waals surface area contributed by atoms with Gasteiger partial charge in [-0.3, -0.25) is 20.2 Å². The summed E-state index contributed by atoms with van der Waals surface area (Å²) in [6, 6.07) is 8.67. The van der Waals surface area contributed by atoms with Gasteiger partial charge in [-0.1, -0.05) is 29.0 Å². The lowest BCUT2D eigenvalue weighted by molar-refractivity contribution is 0.101. The van der Waals surface area contributed by atoms with Crippen molar-refractivity contribution in [3.05, 3.63) is 57.6 Å². The van der Waals surface area contributed by atoms with Crippen molar-refractivity contribution in [1.29, 1.82) is 0 Å². The number of halogens is 1. The summed E-state index contributed by atoms with van der Waals surface area (Å²) in [6.45, 7) is 0. The first-order valence-electron chi connectivity index (χ1n) is 7.26. The Kier molecular flexibility index (Phi) is 4.41. The van der Waals surface area contributed by atoms with Crippen LogP contribution in [0.2, 0.25) is 5.02 Å². The Morgan fingerprint density at radius 3 is 2.81 bits per heavy atom. The molecule has 0 spiro atoms. The molecule has 0 aliphatic carbocycles. The topological polar surface area (TPSA) is 97.1 Å². The van der Waals surface area contributed by atoms with Gasteiger partial charge in [-0.05, 0) is 29.6 Å². The number of hydrogen-bond donors (Lipinski definition) is 2. The Bertz CT molecular complexity index is 1100. The summed E-state index contributed by atoms with van der Waals surface area (Å²) in [6.07, 6.45) is 1.17. The van der Waals surface area contributed by atoms with Crippen molar-refractivity contribution >= 4 is 67.5 Å². The zero-order chi connectivity index (χ0) is 18.1. The molecule has 2 N–H and O–H groups in total. The van der Waals surface area contributed by atoms with Crippen LogP contribution in [0.4, 0.5) is 11.1 Å². The molecule has 0 fully saturated rings. The molecule has 3 aromatic heterocycles. The van der Waals surface area contributed by atoms with Crippen molar-refractivity contribution in [1.82, 2.24) is 9.97 Å². The van der Waals surface area contributed by atoms with E-state index in [1.807, 2.05) is 0 Å². The molecule has 0 aliphatic rings. The molecule has 7 nitrogen and oxygen atoms in total. The molecule has 4 aromatic rings. The molecule has 0 aliphatic heterocycles. The number of rotatable bonds is 4. The highest BCUT2D eigenvalue weighted by Gasteiger charge is 2.17. The standard InChI is InChI=1S/C16H9ClN4O3S2/c17-8-3-4-9-12(6-8)26-16(19-9)21-13(22)10-7-24-15(18-10)20-14(23)11-2-1-5-25-11/h1-7H,(H,18,20,23)(H,19,21,22). The first kappa shape index (κ1) is 16.7. The number of carbonyl (C=O) groups is 2. The van der Waals surface area contributed by atoms with Crippen LogP contribution in [0.5, 0.6) is 0 Å². The zero-order valence-corrected chi connectivity index (χ0v) is 15.2. The summed E-state index contributed by atoms with van der Waals surface area (Å²) < 4.78 is 5.99. The van der Waals surface area contributed by atoms with Gasteiger partial charge in [0.2, 0.25) is 0 Å². The largest absolute Gasteiger partial charge is 0.431 e. The molecule has 2 amide bonds. The summed E-state index contributed by atoms with van der Waals surface area (Å²) in [5.41, 5.74) is 0.766. The highest BCUT2D eigenvalue weighted by Crippen LogP contribution is 2.28. The quantitative estimate of drug-likeness (QED) is 0.521.